The molecule has 1 heterocycles. The Morgan fingerprint density at radius 3 is 2.60 bits per heavy atom. The van der Waals surface area contributed by atoms with Crippen LogP contribution in [0.4, 0.5) is 0 Å². The van der Waals surface area contributed by atoms with E-state index in [1.54, 1.807) is 0 Å². The highest BCUT2D eigenvalue weighted by atomic mass is 16.3. The fourth-order valence-electron chi connectivity index (χ4n) is 3.71. The van der Waals surface area contributed by atoms with E-state index >= 15 is 0 Å². The zero-order valence-corrected chi connectivity index (χ0v) is 13.7. The van der Waals surface area contributed by atoms with Gasteiger partial charge in [-0.1, -0.05) is 0 Å². The number of nitrogens with zero attached hydrogens (tertiary/aromatic N) is 2. The van der Waals surface area contributed by atoms with Gasteiger partial charge in [0.15, 0.2) is 0 Å². The monoisotopic (exact) mass is 283 g/mol. The van der Waals surface area contributed by atoms with Crippen LogP contribution in [0.1, 0.15) is 46.0 Å². The van der Waals surface area contributed by atoms with Gasteiger partial charge in [0.05, 0.1) is 6.61 Å². The molecule has 4 nitrogen and oxygen atoms in total. The summed E-state index contributed by atoms with van der Waals surface area (Å²) < 4.78 is 0. The third-order valence-electron chi connectivity index (χ3n) is 4.79. The van der Waals surface area contributed by atoms with Gasteiger partial charge in [-0.25, -0.2) is 0 Å². The van der Waals surface area contributed by atoms with E-state index in [4.69, 9.17) is 0 Å². The molecular formula is C16H33N3O. The van der Waals surface area contributed by atoms with Crippen molar-refractivity contribution >= 4 is 0 Å². The normalized spacial score (nSPS) is 28.8. The van der Waals surface area contributed by atoms with Crippen LogP contribution in [0.5, 0.6) is 0 Å². The first-order valence-corrected chi connectivity index (χ1v) is 8.22. The SMILES string of the molecule is CC(CC(C)(CO)NC1CC1)N1CCCC1CN(C)C. The Bertz CT molecular complexity index is 306. The fourth-order valence-corrected chi connectivity index (χ4v) is 3.71. The van der Waals surface area contributed by atoms with Crippen molar-refractivity contribution in [3.8, 4) is 0 Å². The quantitative estimate of drug-likeness (QED) is 0.704. The predicted molar refractivity (Wildman–Crippen MR) is 84.0 cm³/mol. The van der Waals surface area contributed by atoms with Crippen molar-refractivity contribution in [3.63, 3.8) is 0 Å². The summed E-state index contributed by atoms with van der Waals surface area (Å²) in [6, 6.07) is 1.87. The van der Waals surface area contributed by atoms with E-state index in [0.29, 0.717) is 18.1 Å². The summed E-state index contributed by atoms with van der Waals surface area (Å²) in [6.45, 7) is 7.11. The molecule has 118 valence electrons. The molecule has 0 amide bonds. The maximum atomic E-state index is 9.78. The van der Waals surface area contributed by atoms with Gasteiger partial charge in [0.1, 0.15) is 0 Å². The molecule has 4 heteroatoms. The maximum absolute atomic E-state index is 9.78. The average molecular weight is 283 g/mol. The van der Waals surface area contributed by atoms with Crippen LogP contribution in [0.2, 0.25) is 0 Å². The third-order valence-corrected chi connectivity index (χ3v) is 4.79. The van der Waals surface area contributed by atoms with Crippen LogP contribution in [-0.2, 0) is 0 Å². The smallest absolute Gasteiger partial charge is 0.0611 e. The molecule has 0 aromatic carbocycles. The lowest BCUT2D eigenvalue weighted by atomic mass is 9.93. The summed E-state index contributed by atoms with van der Waals surface area (Å²) in [5.74, 6) is 0. The van der Waals surface area contributed by atoms with Gasteiger partial charge in [-0.3, -0.25) is 4.90 Å². The number of aliphatic hydroxyl groups is 1. The summed E-state index contributed by atoms with van der Waals surface area (Å²) in [4.78, 5) is 4.95. The minimum atomic E-state index is -0.119. The molecule has 2 fully saturated rings. The van der Waals surface area contributed by atoms with Crippen molar-refractivity contribution < 1.29 is 5.11 Å². The summed E-state index contributed by atoms with van der Waals surface area (Å²) in [5, 5.41) is 13.4. The molecule has 3 atom stereocenters. The first-order valence-electron chi connectivity index (χ1n) is 8.22. The molecule has 1 aliphatic heterocycles. The topological polar surface area (TPSA) is 38.7 Å². The van der Waals surface area contributed by atoms with Crippen molar-refractivity contribution in [3.05, 3.63) is 0 Å². The van der Waals surface area contributed by atoms with Crippen LogP contribution in [0, 0.1) is 0 Å². The zero-order valence-electron chi connectivity index (χ0n) is 13.7. The van der Waals surface area contributed by atoms with E-state index in [2.05, 4.69) is 43.1 Å². The van der Waals surface area contributed by atoms with Gasteiger partial charge >= 0.3 is 0 Å². The summed E-state index contributed by atoms with van der Waals surface area (Å²) >= 11 is 0. The highest BCUT2D eigenvalue weighted by molar-refractivity contribution is 4.96. The maximum Gasteiger partial charge on any atom is 0.0611 e. The molecule has 0 radical (unpaired) electrons. The van der Waals surface area contributed by atoms with Crippen molar-refractivity contribution in [2.45, 2.75) is 69.6 Å². The van der Waals surface area contributed by atoms with Crippen molar-refractivity contribution in [1.29, 1.82) is 0 Å². The average Bonchev–Trinajstić information content (AvgIpc) is 3.04. The zero-order chi connectivity index (χ0) is 14.8. The Labute approximate surface area is 124 Å². The summed E-state index contributed by atoms with van der Waals surface area (Å²) in [6.07, 6.45) is 6.21. The van der Waals surface area contributed by atoms with Crippen LogP contribution in [0.25, 0.3) is 0 Å². The predicted octanol–water partition coefficient (Wildman–Crippen LogP) is 1.29. The van der Waals surface area contributed by atoms with E-state index in [-0.39, 0.29) is 12.1 Å². The fraction of sp³-hybridized carbons (Fsp3) is 1.00. The first-order chi connectivity index (χ1) is 9.43. The van der Waals surface area contributed by atoms with Gasteiger partial charge < -0.3 is 15.3 Å². The summed E-state index contributed by atoms with van der Waals surface area (Å²) in [5.41, 5.74) is -0.119. The van der Waals surface area contributed by atoms with Gasteiger partial charge in [0, 0.05) is 30.2 Å². The second-order valence-electron chi connectivity index (χ2n) is 7.49. The number of hydrogen-bond acceptors (Lipinski definition) is 4. The summed E-state index contributed by atoms with van der Waals surface area (Å²) in [7, 11) is 4.32. The third kappa shape index (κ3) is 4.42. The Balaban J connectivity index is 1.89. The lowest BCUT2D eigenvalue weighted by Crippen LogP contribution is -2.53. The minimum absolute atomic E-state index is 0.119. The standard InChI is InChI=1S/C16H33N3O/c1-13(10-16(2,12-20)17-14-7-8-14)19-9-5-6-15(19)11-18(3)4/h13-15,17,20H,5-12H2,1-4H3. The van der Waals surface area contributed by atoms with Crippen LogP contribution >= 0.6 is 0 Å². The van der Waals surface area contributed by atoms with Crippen molar-refractivity contribution in [1.82, 2.24) is 15.1 Å². The molecule has 0 aromatic rings. The van der Waals surface area contributed by atoms with E-state index < -0.39 is 0 Å². The Morgan fingerprint density at radius 2 is 2.05 bits per heavy atom. The second-order valence-corrected chi connectivity index (χ2v) is 7.49. The number of likely N-dealkylation sites (N-methyl/N-ethyl adjacent to an activating group) is 1. The highest BCUT2D eigenvalue weighted by Crippen LogP contribution is 2.28. The molecule has 2 rings (SSSR count). The number of hydrogen-bond donors (Lipinski definition) is 2. The molecule has 1 saturated heterocycles. The molecule has 1 saturated carbocycles. The molecule has 3 unspecified atom stereocenters. The lowest BCUT2D eigenvalue weighted by molar-refractivity contribution is 0.0983. The van der Waals surface area contributed by atoms with Gasteiger partial charge in [-0.2, -0.15) is 0 Å². The highest BCUT2D eigenvalue weighted by Gasteiger charge is 2.36. The number of rotatable bonds is 8. The van der Waals surface area contributed by atoms with E-state index in [0.717, 1.165) is 13.0 Å². The second kappa shape index (κ2) is 6.73. The van der Waals surface area contributed by atoms with Crippen LogP contribution in [-0.4, -0.2) is 72.4 Å². The van der Waals surface area contributed by atoms with Gasteiger partial charge in [0.2, 0.25) is 0 Å². The lowest BCUT2D eigenvalue weighted by Gasteiger charge is -2.38. The number of likely N-dealkylation sites (tertiary alicyclic amines) is 1. The van der Waals surface area contributed by atoms with Gasteiger partial charge in [0.25, 0.3) is 0 Å². The van der Waals surface area contributed by atoms with E-state index in [1.165, 1.54) is 32.2 Å². The Hall–Kier alpha value is -0.160. The molecule has 0 aromatic heterocycles. The van der Waals surface area contributed by atoms with E-state index in [1.807, 2.05) is 0 Å². The van der Waals surface area contributed by atoms with Gasteiger partial charge in [-0.05, 0) is 66.6 Å². The number of aliphatic hydroxyl groups excluding tert-OH is 1. The Kier molecular flexibility index (Phi) is 5.46. The molecule has 0 spiro atoms. The molecule has 1 aliphatic carbocycles. The molecular weight excluding hydrogens is 250 g/mol. The molecule has 2 N–H and O–H groups in total. The van der Waals surface area contributed by atoms with Crippen LogP contribution in [0.15, 0.2) is 0 Å². The Morgan fingerprint density at radius 1 is 1.35 bits per heavy atom. The van der Waals surface area contributed by atoms with E-state index in [9.17, 15) is 5.11 Å². The molecule has 2 aliphatic rings. The molecule has 20 heavy (non-hydrogen) atoms. The van der Waals surface area contributed by atoms with Crippen molar-refractivity contribution in [2.75, 3.05) is 33.8 Å². The molecule has 0 bridgehead atoms. The number of nitrogens with one attached hydrogen (secondary N) is 1. The van der Waals surface area contributed by atoms with Gasteiger partial charge in [-0.15, -0.1) is 0 Å². The van der Waals surface area contributed by atoms with Crippen molar-refractivity contribution in [2.24, 2.45) is 0 Å². The van der Waals surface area contributed by atoms with Crippen LogP contribution in [0.3, 0.4) is 0 Å². The largest absolute Gasteiger partial charge is 0.394 e. The minimum Gasteiger partial charge on any atom is -0.394 e. The van der Waals surface area contributed by atoms with Crippen LogP contribution < -0.4 is 5.32 Å². The first kappa shape index (κ1) is 16.2.